The molecule has 1 aromatic heterocycles. The van der Waals surface area contributed by atoms with E-state index in [-0.39, 0.29) is 0 Å². The lowest BCUT2D eigenvalue weighted by atomic mass is 10.3. The Morgan fingerprint density at radius 1 is 1.40 bits per heavy atom. The molecule has 2 heteroatoms. The minimum atomic E-state index is 1.07. The summed E-state index contributed by atoms with van der Waals surface area (Å²) in [6, 6.07) is 0. The molecule has 0 aliphatic heterocycles. The molecule has 0 aliphatic carbocycles. The summed E-state index contributed by atoms with van der Waals surface area (Å²) in [5.41, 5.74) is 1.26. The SMILES string of the molecule is CCC.CCc1cn[nH]c1. The van der Waals surface area contributed by atoms with Crippen molar-refractivity contribution in [3.63, 3.8) is 0 Å². The van der Waals surface area contributed by atoms with Gasteiger partial charge in [0.05, 0.1) is 6.20 Å². The van der Waals surface area contributed by atoms with Crippen molar-refractivity contribution in [1.29, 1.82) is 0 Å². The fraction of sp³-hybridized carbons (Fsp3) is 0.625. The molecule has 1 aromatic rings. The van der Waals surface area contributed by atoms with Crippen LogP contribution in [0.4, 0.5) is 0 Å². The molecule has 1 N–H and O–H groups in total. The predicted octanol–water partition coefficient (Wildman–Crippen LogP) is 2.39. The number of rotatable bonds is 1. The number of nitrogens with zero attached hydrogens (tertiary/aromatic N) is 1. The van der Waals surface area contributed by atoms with E-state index in [0.29, 0.717) is 0 Å². The van der Waals surface area contributed by atoms with Crippen LogP contribution >= 0.6 is 0 Å². The number of hydrogen-bond donors (Lipinski definition) is 1. The van der Waals surface area contributed by atoms with Crippen LogP contribution in [-0.4, -0.2) is 10.2 Å². The maximum atomic E-state index is 3.77. The van der Waals surface area contributed by atoms with Gasteiger partial charge in [-0.25, -0.2) is 0 Å². The van der Waals surface area contributed by atoms with Crippen molar-refractivity contribution in [2.75, 3.05) is 0 Å². The van der Waals surface area contributed by atoms with Crippen molar-refractivity contribution in [2.45, 2.75) is 33.6 Å². The Bertz CT molecular complexity index is 133. The molecule has 10 heavy (non-hydrogen) atoms. The van der Waals surface area contributed by atoms with Crippen molar-refractivity contribution >= 4 is 0 Å². The number of nitrogens with one attached hydrogen (secondary N) is 1. The molecule has 0 unspecified atom stereocenters. The first kappa shape index (κ1) is 9.21. The number of aryl methyl sites for hydroxylation is 1. The third-order valence-corrected chi connectivity index (χ3v) is 0.963. The van der Waals surface area contributed by atoms with Crippen LogP contribution in [0, 0.1) is 0 Å². The largest absolute Gasteiger partial charge is 0.285 e. The van der Waals surface area contributed by atoms with Gasteiger partial charge < -0.3 is 0 Å². The average molecular weight is 140 g/mol. The first-order valence-electron chi connectivity index (χ1n) is 3.82. The predicted molar refractivity (Wildman–Crippen MR) is 43.9 cm³/mol. The normalized spacial score (nSPS) is 8.30. The highest BCUT2D eigenvalue weighted by molar-refractivity contribution is 5.00. The third-order valence-electron chi connectivity index (χ3n) is 0.963. The van der Waals surface area contributed by atoms with Gasteiger partial charge in [0, 0.05) is 6.20 Å². The molecule has 0 spiro atoms. The first-order valence-corrected chi connectivity index (χ1v) is 3.82. The zero-order valence-electron chi connectivity index (χ0n) is 7.02. The molecule has 0 amide bonds. The van der Waals surface area contributed by atoms with Crippen LogP contribution in [0.15, 0.2) is 12.4 Å². The summed E-state index contributed by atoms with van der Waals surface area (Å²) in [7, 11) is 0. The third kappa shape index (κ3) is 4.13. The first-order chi connectivity index (χ1) is 4.85. The van der Waals surface area contributed by atoms with Gasteiger partial charge in [0.25, 0.3) is 0 Å². The molecule has 1 rings (SSSR count). The second-order valence-electron chi connectivity index (χ2n) is 2.17. The van der Waals surface area contributed by atoms with Crippen LogP contribution in [0.5, 0.6) is 0 Å². The zero-order chi connectivity index (χ0) is 7.82. The lowest BCUT2D eigenvalue weighted by Crippen LogP contribution is -1.67. The van der Waals surface area contributed by atoms with Crippen LogP contribution in [0.25, 0.3) is 0 Å². The lowest BCUT2D eigenvalue weighted by Gasteiger charge is -1.76. The van der Waals surface area contributed by atoms with Gasteiger partial charge in [-0.05, 0) is 12.0 Å². The van der Waals surface area contributed by atoms with Crippen molar-refractivity contribution in [1.82, 2.24) is 10.2 Å². The summed E-state index contributed by atoms with van der Waals surface area (Å²) in [6.45, 7) is 6.35. The van der Waals surface area contributed by atoms with Crippen LogP contribution in [0.1, 0.15) is 32.8 Å². The molecule has 0 bridgehead atoms. The van der Waals surface area contributed by atoms with Crippen LogP contribution < -0.4 is 0 Å². The average Bonchev–Trinajstić information content (AvgIpc) is 2.39. The molecule has 0 atom stereocenters. The van der Waals surface area contributed by atoms with E-state index in [0.717, 1.165) is 6.42 Å². The molecule has 2 nitrogen and oxygen atoms in total. The van der Waals surface area contributed by atoms with E-state index in [2.05, 4.69) is 31.0 Å². The van der Waals surface area contributed by atoms with Gasteiger partial charge in [0.15, 0.2) is 0 Å². The number of hydrogen-bond acceptors (Lipinski definition) is 1. The molecule has 1 heterocycles. The highest BCUT2D eigenvalue weighted by atomic mass is 15.1. The molecule has 0 aliphatic rings. The second-order valence-corrected chi connectivity index (χ2v) is 2.17. The minimum absolute atomic E-state index is 1.07. The Balaban J connectivity index is 0.000000236. The molecule has 0 saturated heterocycles. The molecule has 0 fully saturated rings. The van der Waals surface area contributed by atoms with Crippen molar-refractivity contribution in [3.05, 3.63) is 18.0 Å². The van der Waals surface area contributed by atoms with Gasteiger partial charge in [0.1, 0.15) is 0 Å². The van der Waals surface area contributed by atoms with Crippen molar-refractivity contribution in [3.8, 4) is 0 Å². The Hall–Kier alpha value is -0.790. The van der Waals surface area contributed by atoms with E-state index < -0.39 is 0 Å². The topological polar surface area (TPSA) is 28.7 Å². The van der Waals surface area contributed by atoms with E-state index in [1.165, 1.54) is 12.0 Å². The second kappa shape index (κ2) is 6.33. The Morgan fingerprint density at radius 2 is 2.00 bits per heavy atom. The van der Waals surface area contributed by atoms with E-state index >= 15 is 0 Å². The Labute approximate surface area is 62.7 Å². The smallest absolute Gasteiger partial charge is 0.0519 e. The maximum Gasteiger partial charge on any atom is 0.0519 e. The summed E-state index contributed by atoms with van der Waals surface area (Å²) < 4.78 is 0. The van der Waals surface area contributed by atoms with Gasteiger partial charge >= 0.3 is 0 Å². The monoisotopic (exact) mass is 140 g/mol. The quantitative estimate of drug-likeness (QED) is 0.637. The molecule has 58 valence electrons. The van der Waals surface area contributed by atoms with Crippen molar-refractivity contribution in [2.24, 2.45) is 0 Å². The highest BCUT2D eigenvalue weighted by Gasteiger charge is 1.82. The Morgan fingerprint density at radius 3 is 2.20 bits per heavy atom. The summed E-state index contributed by atoms with van der Waals surface area (Å²) in [5, 5.41) is 6.50. The maximum absolute atomic E-state index is 3.77. The van der Waals surface area contributed by atoms with Gasteiger partial charge in [0.2, 0.25) is 0 Å². The van der Waals surface area contributed by atoms with E-state index in [1.807, 2.05) is 12.4 Å². The molecule has 0 saturated carbocycles. The van der Waals surface area contributed by atoms with Gasteiger partial charge in [-0.1, -0.05) is 27.2 Å². The van der Waals surface area contributed by atoms with Gasteiger partial charge in [-0.15, -0.1) is 0 Å². The number of H-pyrrole nitrogens is 1. The summed E-state index contributed by atoms with van der Waals surface area (Å²) in [6.07, 6.45) is 6.05. The van der Waals surface area contributed by atoms with Crippen molar-refractivity contribution < 1.29 is 0 Å². The van der Waals surface area contributed by atoms with Crippen LogP contribution in [0.2, 0.25) is 0 Å². The molecular weight excluding hydrogens is 124 g/mol. The number of aromatic amines is 1. The summed E-state index contributed by atoms with van der Waals surface area (Å²) >= 11 is 0. The molecule has 0 radical (unpaired) electrons. The Kier molecular flexibility index (Phi) is 5.83. The van der Waals surface area contributed by atoms with Gasteiger partial charge in [-0.2, -0.15) is 5.10 Å². The lowest BCUT2D eigenvalue weighted by molar-refractivity contribution is 1.09. The standard InChI is InChI=1S/C5H8N2.C3H8/c1-2-5-3-6-7-4-5;1-3-2/h3-4H,2H2,1H3,(H,6,7);3H2,1-2H3. The summed E-state index contributed by atoms with van der Waals surface area (Å²) in [4.78, 5) is 0. The molecule has 0 aromatic carbocycles. The van der Waals surface area contributed by atoms with E-state index in [4.69, 9.17) is 0 Å². The molecular formula is C8H16N2. The van der Waals surface area contributed by atoms with E-state index in [1.54, 1.807) is 0 Å². The zero-order valence-corrected chi connectivity index (χ0v) is 7.02. The van der Waals surface area contributed by atoms with Crippen LogP contribution in [0.3, 0.4) is 0 Å². The highest BCUT2D eigenvalue weighted by Crippen LogP contribution is 1.91. The van der Waals surface area contributed by atoms with Gasteiger partial charge in [-0.3, -0.25) is 5.10 Å². The minimum Gasteiger partial charge on any atom is -0.285 e. The van der Waals surface area contributed by atoms with Crippen LogP contribution in [-0.2, 0) is 6.42 Å². The summed E-state index contributed by atoms with van der Waals surface area (Å²) in [5.74, 6) is 0. The fourth-order valence-corrected chi connectivity index (χ4v) is 0.471. The van der Waals surface area contributed by atoms with E-state index in [9.17, 15) is 0 Å². The fourth-order valence-electron chi connectivity index (χ4n) is 0.471. The number of aromatic nitrogens is 2.